The first-order chi connectivity index (χ1) is 27.3. The fraction of sp³-hybridized carbons (Fsp3) is 0.0370. The molecule has 0 aromatic heterocycles. The van der Waals surface area contributed by atoms with Crippen LogP contribution in [0.5, 0.6) is 11.5 Å². The summed E-state index contributed by atoms with van der Waals surface area (Å²) in [6, 6.07) is 76.2. The van der Waals surface area contributed by atoms with E-state index >= 15 is 0 Å². The van der Waals surface area contributed by atoms with Crippen molar-refractivity contribution in [3.05, 3.63) is 251 Å². The van der Waals surface area contributed by atoms with Gasteiger partial charge in [-0.15, -0.1) is 0 Å². The minimum Gasteiger partial charge on any atom is -0.456 e. The maximum atomic E-state index is 7.12. The molecule has 1 heteroatoms. The lowest BCUT2D eigenvalue weighted by Crippen LogP contribution is -2.32. The molecule has 0 fully saturated rings. The van der Waals surface area contributed by atoms with Crippen LogP contribution in [0.15, 0.2) is 206 Å². The average Bonchev–Trinajstić information content (AvgIpc) is 3.73. The molecule has 0 amide bonds. The monoisotopic (exact) mass is 698 g/mol. The molecule has 55 heavy (non-hydrogen) atoms. The molecule has 0 saturated carbocycles. The van der Waals surface area contributed by atoms with Crippen molar-refractivity contribution in [1.82, 2.24) is 0 Å². The SMILES string of the molecule is c1ccc(C2(c3ccccc3)c3ccccc3-c3cccc(-c4ccc5c(c4)C4(c6ccccc6-c6ccccc64)c4ccc6ccccc6c4O5)c32)cc1. The van der Waals surface area contributed by atoms with E-state index in [1.807, 2.05) is 0 Å². The summed E-state index contributed by atoms with van der Waals surface area (Å²) in [4.78, 5) is 0. The van der Waals surface area contributed by atoms with E-state index in [-0.39, 0.29) is 0 Å². The molecule has 3 aliphatic rings. The summed E-state index contributed by atoms with van der Waals surface area (Å²) in [6.45, 7) is 0. The van der Waals surface area contributed by atoms with E-state index in [2.05, 4.69) is 206 Å². The first-order valence-corrected chi connectivity index (χ1v) is 19.2. The van der Waals surface area contributed by atoms with Gasteiger partial charge in [-0.05, 0) is 84.3 Å². The summed E-state index contributed by atoms with van der Waals surface area (Å²) in [5.41, 5.74) is 16.5. The molecule has 9 aromatic rings. The van der Waals surface area contributed by atoms with Gasteiger partial charge in [-0.3, -0.25) is 0 Å². The van der Waals surface area contributed by atoms with Crippen molar-refractivity contribution in [2.45, 2.75) is 10.8 Å². The van der Waals surface area contributed by atoms with E-state index < -0.39 is 10.8 Å². The Balaban J connectivity index is 1.19. The summed E-state index contributed by atoms with van der Waals surface area (Å²) in [6.07, 6.45) is 0. The van der Waals surface area contributed by atoms with E-state index in [4.69, 9.17) is 4.74 Å². The van der Waals surface area contributed by atoms with Crippen LogP contribution in [0.3, 0.4) is 0 Å². The Morgan fingerprint density at radius 2 is 0.855 bits per heavy atom. The molecule has 1 aliphatic heterocycles. The maximum absolute atomic E-state index is 7.12. The summed E-state index contributed by atoms with van der Waals surface area (Å²) in [5, 5.41) is 2.30. The smallest absolute Gasteiger partial charge is 0.140 e. The highest BCUT2D eigenvalue weighted by atomic mass is 16.5. The predicted molar refractivity (Wildman–Crippen MR) is 224 cm³/mol. The highest BCUT2D eigenvalue weighted by Gasteiger charge is 2.52. The maximum Gasteiger partial charge on any atom is 0.140 e. The second kappa shape index (κ2) is 11.3. The number of benzene rings is 9. The third kappa shape index (κ3) is 3.87. The molecule has 0 unspecified atom stereocenters. The van der Waals surface area contributed by atoms with Gasteiger partial charge in [0.2, 0.25) is 0 Å². The molecule has 0 N–H and O–H groups in total. The van der Waals surface area contributed by atoms with Crippen LogP contribution in [-0.4, -0.2) is 0 Å². The second-order valence-electron chi connectivity index (χ2n) is 15.1. The fourth-order valence-electron chi connectivity index (χ4n) is 10.5. The van der Waals surface area contributed by atoms with Crippen LogP contribution in [0.1, 0.15) is 44.5 Å². The fourth-order valence-corrected chi connectivity index (χ4v) is 10.5. The van der Waals surface area contributed by atoms with Crippen molar-refractivity contribution < 1.29 is 4.74 Å². The van der Waals surface area contributed by atoms with Crippen molar-refractivity contribution in [3.8, 4) is 44.9 Å². The molecule has 0 atom stereocenters. The normalized spacial score (nSPS) is 14.6. The Labute approximate surface area is 320 Å². The zero-order valence-electron chi connectivity index (χ0n) is 30.0. The third-order valence-corrected chi connectivity index (χ3v) is 12.6. The Bertz CT molecular complexity index is 2930. The van der Waals surface area contributed by atoms with E-state index in [9.17, 15) is 0 Å². The lowest BCUT2D eigenvalue weighted by Gasteiger charge is -2.40. The topological polar surface area (TPSA) is 9.23 Å². The van der Waals surface area contributed by atoms with Gasteiger partial charge in [0.25, 0.3) is 0 Å². The van der Waals surface area contributed by atoms with Crippen molar-refractivity contribution in [2.75, 3.05) is 0 Å². The third-order valence-electron chi connectivity index (χ3n) is 12.6. The number of ether oxygens (including phenoxy) is 1. The molecule has 1 nitrogen and oxygen atoms in total. The van der Waals surface area contributed by atoms with Gasteiger partial charge in [0.15, 0.2) is 0 Å². The van der Waals surface area contributed by atoms with Gasteiger partial charge in [-0.1, -0.05) is 194 Å². The molecule has 0 radical (unpaired) electrons. The Morgan fingerprint density at radius 1 is 0.327 bits per heavy atom. The van der Waals surface area contributed by atoms with Gasteiger partial charge in [-0.25, -0.2) is 0 Å². The van der Waals surface area contributed by atoms with E-state index in [0.717, 1.165) is 16.9 Å². The molecular formula is C54H34O. The molecule has 12 rings (SSSR count). The van der Waals surface area contributed by atoms with Crippen LogP contribution in [0.2, 0.25) is 0 Å². The van der Waals surface area contributed by atoms with Gasteiger partial charge < -0.3 is 4.74 Å². The minimum absolute atomic E-state index is 0.521. The van der Waals surface area contributed by atoms with Crippen molar-refractivity contribution in [2.24, 2.45) is 0 Å². The standard InChI is InChI=1S/C54H34O/c1-3-17-37(18-4-1)53(38-19-5-2-6-20-38)45-27-12-11-24-43(45)44-26-15-25-39(51(44)53)36-31-33-50-49(34-36)54(48-32-30-35-16-7-8-21-40(35)52(48)55-50)46-28-13-9-22-41(46)42-23-10-14-29-47(42)54/h1-34H. The quantitative estimate of drug-likeness (QED) is 0.178. The largest absolute Gasteiger partial charge is 0.456 e. The first-order valence-electron chi connectivity index (χ1n) is 19.2. The highest BCUT2D eigenvalue weighted by molar-refractivity contribution is 5.97. The second-order valence-corrected chi connectivity index (χ2v) is 15.1. The van der Waals surface area contributed by atoms with Gasteiger partial charge >= 0.3 is 0 Å². The van der Waals surface area contributed by atoms with Crippen molar-refractivity contribution in [1.29, 1.82) is 0 Å². The van der Waals surface area contributed by atoms with Crippen LogP contribution in [0, 0.1) is 0 Å². The highest BCUT2D eigenvalue weighted by Crippen LogP contribution is 2.64. The molecule has 256 valence electrons. The molecule has 1 heterocycles. The molecule has 9 aromatic carbocycles. The lowest BCUT2D eigenvalue weighted by molar-refractivity contribution is 0.442. The summed E-state index contributed by atoms with van der Waals surface area (Å²) in [7, 11) is 0. The number of hydrogen-bond acceptors (Lipinski definition) is 1. The first kappa shape index (κ1) is 30.5. The summed E-state index contributed by atoms with van der Waals surface area (Å²) in [5.74, 6) is 1.83. The van der Waals surface area contributed by atoms with Crippen LogP contribution in [-0.2, 0) is 10.8 Å². The van der Waals surface area contributed by atoms with Gasteiger partial charge in [0, 0.05) is 16.5 Å². The zero-order chi connectivity index (χ0) is 36.1. The van der Waals surface area contributed by atoms with Crippen molar-refractivity contribution in [3.63, 3.8) is 0 Å². The lowest BCUT2D eigenvalue weighted by atomic mass is 9.64. The van der Waals surface area contributed by atoms with Crippen molar-refractivity contribution >= 4 is 10.8 Å². The predicted octanol–water partition coefficient (Wildman–Crippen LogP) is 13.3. The van der Waals surface area contributed by atoms with Crippen LogP contribution in [0.4, 0.5) is 0 Å². The van der Waals surface area contributed by atoms with E-state index in [0.29, 0.717) is 0 Å². The summed E-state index contributed by atoms with van der Waals surface area (Å²) >= 11 is 0. The van der Waals surface area contributed by atoms with Crippen LogP contribution in [0.25, 0.3) is 44.2 Å². The van der Waals surface area contributed by atoms with E-state index in [1.54, 1.807) is 0 Å². The minimum atomic E-state index is -0.576. The number of rotatable bonds is 3. The Kier molecular flexibility index (Phi) is 6.25. The Morgan fingerprint density at radius 3 is 1.53 bits per heavy atom. The zero-order valence-corrected chi connectivity index (χ0v) is 30.0. The van der Waals surface area contributed by atoms with Crippen LogP contribution >= 0.6 is 0 Å². The number of fused-ring (bicyclic) bond motifs is 14. The average molecular weight is 699 g/mol. The molecular weight excluding hydrogens is 665 g/mol. The summed E-state index contributed by atoms with van der Waals surface area (Å²) < 4.78 is 7.12. The number of hydrogen-bond donors (Lipinski definition) is 0. The van der Waals surface area contributed by atoms with Crippen LogP contribution < -0.4 is 4.74 Å². The van der Waals surface area contributed by atoms with E-state index in [1.165, 1.54) is 83.3 Å². The molecule has 0 bridgehead atoms. The van der Waals surface area contributed by atoms with Gasteiger partial charge in [-0.2, -0.15) is 0 Å². The van der Waals surface area contributed by atoms with Gasteiger partial charge in [0.1, 0.15) is 11.5 Å². The molecule has 0 saturated heterocycles. The molecule has 2 aliphatic carbocycles. The Hall–Kier alpha value is -6.96. The molecule has 1 spiro atoms. The van der Waals surface area contributed by atoms with Gasteiger partial charge in [0.05, 0.1) is 10.8 Å².